The van der Waals surface area contributed by atoms with Crippen molar-refractivity contribution in [3.05, 3.63) is 0 Å². The Morgan fingerprint density at radius 1 is 1.19 bits per heavy atom. The molecule has 1 aliphatic carbocycles. The first-order valence-corrected chi connectivity index (χ1v) is 7.04. The molecule has 1 rings (SSSR count). The van der Waals surface area contributed by atoms with E-state index in [0.717, 1.165) is 5.92 Å². The van der Waals surface area contributed by atoms with Gasteiger partial charge in [-0.3, -0.25) is 0 Å². The number of rotatable bonds is 6. The molecule has 1 aliphatic rings. The molecule has 2 nitrogen and oxygen atoms in total. The normalized spacial score (nSPS) is 28.3. The minimum absolute atomic E-state index is 0.270. The van der Waals surface area contributed by atoms with E-state index in [1.54, 1.807) is 0 Å². The lowest BCUT2D eigenvalue weighted by Gasteiger charge is -2.33. The van der Waals surface area contributed by atoms with E-state index in [1.165, 1.54) is 38.5 Å². The van der Waals surface area contributed by atoms with E-state index < -0.39 is 0 Å². The van der Waals surface area contributed by atoms with Gasteiger partial charge in [-0.2, -0.15) is 0 Å². The molecule has 0 amide bonds. The smallest absolute Gasteiger partial charge is 0.0587 e. The van der Waals surface area contributed by atoms with Crippen molar-refractivity contribution < 1.29 is 5.11 Å². The summed E-state index contributed by atoms with van der Waals surface area (Å²) in [5.41, 5.74) is 0. The van der Waals surface area contributed by atoms with Gasteiger partial charge in [-0.15, -0.1) is 0 Å². The van der Waals surface area contributed by atoms with Crippen molar-refractivity contribution in [3.63, 3.8) is 0 Å². The highest BCUT2D eigenvalue weighted by Crippen LogP contribution is 2.28. The van der Waals surface area contributed by atoms with Gasteiger partial charge >= 0.3 is 0 Å². The van der Waals surface area contributed by atoms with Crippen molar-refractivity contribution in [2.45, 2.75) is 71.4 Å². The summed E-state index contributed by atoms with van der Waals surface area (Å²) in [7, 11) is 0. The van der Waals surface area contributed by atoms with Gasteiger partial charge in [0.2, 0.25) is 0 Å². The maximum atomic E-state index is 9.30. The Labute approximate surface area is 101 Å². The maximum absolute atomic E-state index is 9.30. The Morgan fingerprint density at radius 3 is 2.25 bits per heavy atom. The fourth-order valence-electron chi connectivity index (χ4n) is 2.78. The number of aliphatic hydroxyl groups excluding tert-OH is 1. The van der Waals surface area contributed by atoms with E-state index >= 15 is 0 Å². The lowest BCUT2D eigenvalue weighted by Crippen LogP contribution is -2.45. The summed E-state index contributed by atoms with van der Waals surface area (Å²) in [5.74, 6) is 1.49. The average molecular weight is 227 g/mol. The summed E-state index contributed by atoms with van der Waals surface area (Å²) in [5, 5.41) is 12.9. The molecule has 0 aromatic carbocycles. The number of hydrogen-bond donors (Lipinski definition) is 2. The molecule has 2 N–H and O–H groups in total. The quantitative estimate of drug-likeness (QED) is 0.731. The van der Waals surface area contributed by atoms with Crippen molar-refractivity contribution in [2.24, 2.45) is 11.8 Å². The highest BCUT2D eigenvalue weighted by molar-refractivity contribution is 4.81. The molecule has 1 atom stereocenters. The first-order valence-electron chi connectivity index (χ1n) is 7.04. The Bertz CT molecular complexity index is 174. The second-order valence-corrected chi connectivity index (χ2v) is 5.71. The summed E-state index contributed by atoms with van der Waals surface area (Å²) >= 11 is 0. The van der Waals surface area contributed by atoms with E-state index in [9.17, 15) is 5.11 Å². The Balaban J connectivity index is 2.25. The van der Waals surface area contributed by atoms with Crippen LogP contribution in [0.15, 0.2) is 0 Å². The molecule has 0 bridgehead atoms. The third-order valence-corrected chi connectivity index (χ3v) is 3.99. The van der Waals surface area contributed by atoms with Gasteiger partial charge in [-0.1, -0.05) is 33.6 Å². The van der Waals surface area contributed by atoms with Crippen molar-refractivity contribution in [2.75, 3.05) is 6.61 Å². The van der Waals surface area contributed by atoms with Crippen LogP contribution in [0.2, 0.25) is 0 Å². The van der Waals surface area contributed by atoms with Gasteiger partial charge < -0.3 is 10.4 Å². The molecule has 1 fully saturated rings. The minimum Gasteiger partial charge on any atom is -0.395 e. The topological polar surface area (TPSA) is 32.3 Å². The molecule has 0 aromatic rings. The Morgan fingerprint density at radius 2 is 1.81 bits per heavy atom. The largest absolute Gasteiger partial charge is 0.395 e. The van der Waals surface area contributed by atoms with Gasteiger partial charge in [0.15, 0.2) is 0 Å². The molecule has 1 saturated carbocycles. The highest BCUT2D eigenvalue weighted by atomic mass is 16.3. The van der Waals surface area contributed by atoms with Crippen LogP contribution >= 0.6 is 0 Å². The van der Waals surface area contributed by atoms with Gasteiger partial charge in [0.1, 0.15) is 0 Å². The summed E-state index contributed by atoms with van der Waals surface area (Å²) in [6, 6.07) is 0.931. The van der Waals surface area contributed by atoms with Gasteiger partial charge in [0.05, 0.1) is 6.61 Å². The molecule has 0 radical (unpaired) electrons. The fourth-order valence-corrected chi connectivity index (χ4v) is 2.78. The zero-order chi connectivity index (χ0) is 12.0. The zero-order valence-electron chi connectivity index (χ0n) is 11.2. The molecular formula is C14H29NO. The van der Waals surface area contributed by atoms with Crippen molar-refractivity contribution >= 4 is 0 Å². The maximum Gasteiger partial charge on any atom is 0.0587 e. The Kier molecular flexibility index (Phi) is 6.37. The first-order chi connectivity index (χ1) is 7.67. The molecule has 0 aliphatic heterocycles. The summed E-state index contributed by atoms with van der Waals surface area (Å²) in [4.78, 5) is 0. The van der Waals surface area contributed by atoms with E-state index in [1.807, 2.05) is 0 Å². The lowest BCUT2D eigenvalue weighted by atomic mass is 9.83. The van der Waals surface area contributed by atoms with Gasteiger partial charge in [0.25, 0.3) is 0 Å². The van der Waals surface area contributed by atoms with Crippen LogP contribution in [0.3, 0.4) is 0 Å². The van der Waals surface area contributed by atoms with Crippen LogP contribution in [0.25, 0.3) is 0 Å². The van der Waals surface area contributed by atoms with Crippen LogP contribution in [0, 0.1) is 11.8 Å². The van der Waals surface area contributed by atoms with Gasteiger partial charge in [0, 0.05) is 12.1 Å². The molecule has 0 spiro atoms. The van der Waals surface area contributed by atoms with Crippen molar-refractivity contribution in [3.8, 4) is 0 Å². The number of hydrogen-bond acceptors (Lipinski definition) is 2. The summed E-state index contributed by atoms with van der Waals surface area (Å²) in [6.07, 6.45) is 8.08. The molecule has 0 aromatic heterocycles. The number of nitrogens with one attached hydrogen (secondary N) is 1. The van der Waals surface area contributed by atoms with Gasteiger partial charge in [-0.05, 0) is 37.5 Å². The van der Waals surface area contributed by atoms with Crippen molar-refractivity contribution in [1.29, 1.82) is 0 Å². The Hall–Kier alpha value is -0.0800. The molecule has 0 saturated heterocycles. The van der Waals surface area contributed by atoms with Crippen LogP contribution in [0.5, 0.6) is 0 Å². The van der Waals surface area contributed by atoms with E-state index in [2.05, 4.69) is 26.1 Å². The lowest BCUT2D eigenvalue weighted by molar-refractivity contribution is 0.177. The van der Waals surface area contributed by atoms with Crippen LogP contribution in [-0.4, -0.2) is 23.8 Å². The molecular weight excluding hydrogens is 198 g/mol. The van der Waals surface area contributed by atoms with E-state index in [-0.39, 0.29) is 12.6 Å². The SMILES string of the molecule is CCCC1CCC(NC(CO)C(C)C)CC1. The van der Waals surface area contributed by atoms with Crippen LogP contribution in [-0.2, 0) is 0 Å². The fraction of sp³-hybridized carbons (Fsp3) is 1.00. The van der Waals surface area contributed by atoms with E-state index in [0.29, 0.717) is 12.0 Å². The molecule has 0 heterocycles. The zero-order valence-corrected chi connectivity index (χ0v) is 11.2. The second kappa shape index (κ2) is 7.29. The minimum atomic E-state index is 0.270. The van der Waals surface area contributed by atoms with Crippen LogP contribution in [0.1, 0.15) is 59.3 Å². The third-order valence-electron chi connectivity index (χ3n) is 3.99. The van der Waals surface area contributed by atoms with Gasteiger partial charge in [-0.25, -0.2) is 0 Å². The standard InChI is InChI=1S/C14H29NO/c1-4-5-12-6-8-13(9-7-12)15-14(10-16)11(2)3/h11-16H,4-10H2,1-3H3. The molecule has 1 unspecified atom stereocenters. The number of aliphatic hydroxyl groups is 1. The van der Waals surface area contributed by atoms with E-state index in [4.69, 9.17) is 0 Å². The van der Waals surface area contributed by atoms with Crippen LogP contribution < -0.4 is 5.32 Å². The predicted molar refractivity (Wildman–Crippen MR) is 69.5 cm³/mol. The average Bonchev–Trinajstić information content (AvgIpc) is 2.28. The molecule has 16 heavy (non-hydrogen) atoms. The summed E-state index contributed by atoms with van der Waals surface area (Å²) in [6.45, 7) is 6.91. The van der Waals surface area contributed by atoms with Crippen molar-refractivity contribution in [1.82, 2.24) is 5.32 Å². The third kappa shape index (κ3) is 4.42. The monoisotopic (exact) mass is 227 g/mol. The second-order valence-electron chi connectivity index (χ2n) is 5.71. The van der Waals surface area contributed by atoms with Crippen LogP contribution in [0.4, 0.5) is 0 Å². The molecule has 2 heteroatoms. The predicted octanol–water partition coefficient (Wildman–Crippen LogP) is 2.95. The highest BCUT2D eigenvalue weighted by Gasteiger charge is 2.23. The molecule has 96 valence electrons. The first kappa shape index (κ1) is 14.0. The summed E-state index contributed by atoms with van der Waals surface area (Å²) < 4.78 is 0.